The van der Waals surface area contributed by atoms with Crippen molar-refractivity contribution in [3.8, 4) is 0 Å². The molecule has 106 valence electrons. The Kier molecular flexibility index (Phi) is 4.81. The largest absolute Gasteiger partial charge is 0.367 e. The lowest BCUT2D eigenvalue weighted by Gasteiger charge is -2.25. The number of pyridine rings is 1. The molecule has 2 rings (SSSR count). The summed E-state index contributed by atoms with van der Waals surface area (Å²) in [5, 5.41) is 0. The summed E-state index contributed by atoms with van der Waals surface area (Å²) in [5.74, 6) is 0.752. The van der Waals surface area contributed by atoms with Crippen LogP contribution < -0.4 is 10.6 Å². The molecule has 1 heterocycles. The molecule has 3 nitrogen and oxygen atoms in total. The molecule has 0 radical (unpaired) electrons. The highest BCUT2D eigenvalue weighted by Crippen LogP contribution is 2.32. The number of nitrogens with two attached hydrogens (primary N) is 1. The first-order chi connectivity index (χ1) is 9.11. The third kappa shape index (κ3) is 3.93. The van der Waals surface area contributed by atoms with Gasteiger partial charge < -0.3 is 10.6 Å². The van der Waals surface area contributed by atoms with E-state index in [1.54, 1.807) is 0 Å². The van der Waals surface area contributed by atoms with Gasteiger partial charge in [0.1, 0.15) is 0 Å². The first-order valence-electron chi connectivity index (χ1n) is 7.60. The second kappa shape index (κ2) is 6.38. The predicted molar refractivity (Wildman–Crippen MR) is 81.3 cm³/mol. The Hall–Kier alpha value is -1.09. The van der Waals surface area contributed by atoms with Crippen LogP contribution in [0.5, 0.6) is 0 Å². The van der Waals surface area contributed by atoms with Crippen LogP contribution in [0.4, 0.5) is 5.69 Å². The van der Waals surface area contributed by atoms with Crippen molar-refractivity contribution < 1.29 is 0 Å². The molecule has 3 heteroatoms. The molecule has 19 heavy (non-hydrogen) atoms. The topological polar surface area (TPSA) is 42.1 Å². The van der Waals surface area contributed by atoms with Gasteiger partial charge in [0, 0.05) is 18.6 Å². The first kappa shape index (κ1) is 14.3. The maximum absolute atomic E-state index is 6.01. The van der Waals surface area contributed by atoms with Gasteiger partial charge in [-0.3, -0.25) is 4.98 Å². The molecule has 2 N–H and O–H groups in total. The maximum Gasteiger partial charge on any atom is 0.0572 e. The van der Waals surface area contributed by atoms with Gasteiger partial charge in [0.05, 0.1) is 17.6 Å². The molecule has 0 saturated heterocycles. The summed E-state index contributed by atoms with van der Waals surface area (Å²) >= 11 is 0. The molecule has 1 aromatic rings. The highest BCUT2D eigenvalue weighted by atomic mass is 15.2. The summed E-state index contributed by atoms with van der Waals surface area (Å²) in [4.78, 5) is 7.06. The van der Waals surface area contributed by atoms with E-state index in [2.05, 4.69) is 42.8 Å². The zero-order valence-electron chi connectivity index (χ0n) is 12.5. The van der Waals surface area contributed by atoms with Crippen molar-refractivity contribution >= 4 is 5.69 Å². The predicted octanol–water partition coefficient (Wildman–Crippen LogP) is 3.51. The van der Waals surface area contributed by atoms with Crippen molar-refractivity contribution in [1.82, 2.24) is 4.98 Å². The normalized spacial score (nSPS) is 16.7. The second-order valence-corrected chi connectivity index (χ2v) is 6.06. The van der Waals surface area contributed by atoms with Gasteiger partial charge in [-0.2, -0.15) is 0 Å². The molecule has 1 atom stereocenters. The fraction of sp³-hybridized carbons (Fsp3) is 0.688. The van der Waals surface area contributed by atoms with Crippen LogP contribution in [0.2, 0.25) is 0 Å². The quantitative estimate of drug-likeness (QED) is 0.816. The Bertz CT molecular complexity index is 381. The van der Waals surface area contributed by atoms with Crippen LogP contribution in [-0.4, -0.2) is 17.6 Å². The number of anilines is 1. The summed E-state index contributed by atoms with van der Waals surface area (Å²) in [6, 6.07) is 5.09. The average Bonchev–Trinajstić information content (AvgIpc) is 3.23. The van der Waals surface area contributed by atoms with Crippen molar-refractivity contribution in [2.24, 2.45) is 11.7 Å². The Morgan fingerprint density at radius 1 is 1.37 bits per heavy atom. The van der Waals surface area contributed by atoms with Gasteiger partial charge in [-0.15, -0.1) is 0 Å². The van der Waals surface area contributed by atoms with E-state index in [1.807, 2.05) is 6.20 Å². The molecule has 1 saturated carbocycles. The molecule has 0 amide bonds. The van der Waals surface area contributed by atoms with Gasteiger partial charge in [-0.1, -0.05) is 20.8 Å². The molecule has 0 aliphatic heterocycles. The van der Waals surface area contributed by atoms with Crippen LogP contribution in [0.3, 0.4) is 0 Å². The molecule has 1 fully saturated rings. The summed E-state index contributed by atoms with van der Waals surface area (Å²) < 4.78 is 0. The van der Waals surface area contributed by atoms with Gasteiger partial charge in [-0.25, -0.2) is 0 Å². The van der Waals surface area contributed by atoms with Crippen molar-refractivity contribution in [2.45, 2.75) is 58.5 Å². The van der Waals surface area contributed by atoms with Crippen LogP contribution in [0.15, 0.2) is 18.3 Å². The van der Waals surface area contributed by atoms with E-state index < -0.39 is 0 Å². The number of nitrogens with zero attached hydrogens (tertiary/aromatic N) is 2. The van der Waals surface area contributed by atoms with Crippen LogP contribution in [0, 0.1) is 5.92 Å². The molecule has 0 bridgehead atoms. The average molecular weight is 261 g/mol. The van der Waals surface area contributed by atoms with E-state index in [1.165, 1.54) is 24.9 Å². The summed E-state index contributed by atoms with van der Waals surface area (Å²) in [5.41, 5.74) is 8.28. The van der Waals surface area contributed by atoms with Crippen LogP contribution in [-0.2, 0) is 0 Å². The van der Waals surface area contributed by atoms with E-state index in [0.717, 1.165) is 30.6 Å². The number of rotatable bonds is 7. The lowest BCUT2D eigenvalue weighted by molar-refractivity contribution is 0.570. The Labute approximate surface area is 117 Å². The lowest BCUT2D eigenvalue weighted by Crippen LogP contribution is -2.28. The van der Waals surface area contributed by atoms with Crippen molar-refractivity contribution in [1.29, 1.82) is 0 Å². The Morgan fingerprint density at radius 2 is 2.11 bits per heavy atom. The Balaban J connectivity index is 2.04. The highest BCUT2D eigenvalue weighted by molar-refractivity contribution is 5.47. The SMILES string of the molecule is CCC(N)c1ccc(N(CCC(C)C)C2CC2)cn1. The minimum atomic E-state index is 0.0686. The van der Waals surface area contributed by atoms with E-state index >= 15 is 0 Å². The fourth-order valence-corrected chi connectivity index (χ4v) is 2.30. The monoisotopic (exact) mass is 261 g/mol. The van der Waals surface area contributed by atoms with Gasteiger partial charge >= 0.3 is 0 Å². The van der Waals surface area contributed by atoms with Crippen LogP contribution in [0.1, 0.15) is 58.2 Å². The van der Waals surface area contributed by atoms with E-state index in [0.29, 0.717) is 0 Å². The highest BCUT2D eigenvalue weighted by Gasteiger charge is 2.29. The zero-order chi connectivity index (χ0) is 13.8. The number of hydrogen-bond acceptors (Lipinski definition) is 3. The zero-order valence-corrected chi connectivity index (χ0v) is 12.5. The van der Waals surface area contributed by atoms with Gasteiger partial charge in [0.25, 0.3) is 0 Å². The summed E-state index contributed by atoms with van der Waals surface area (Å²) in [7, 11) is 0. The molecule has 1 aliphatic carbocycles. The summed E-state index contributed by atoms with van der Waals surface area (Å²) in [6.07, 6.45) is 6.84. The van der Waals surface area contributed by atoms with Crippen LogP contribution >= 0.6 is 0 Å². The first-order valence-corrected chi connectivity index (χ1v) is 7.60. The van der Waals surface area contributed by atoms with E-state index in [9.17, 15) is 0 Å². The van der Waals surface area contributed by atoms with E-state index in [4.69, 9.17) is 5.73 Å². The second-order valence-electron chi connectivity index (χ2n) is 6.06. The van der Waals surface area contributed by atoms with Crippen LogP contribution in [0.25, 0.3) is 0 Å². The molecule has 1 aliphatic rings. The van der Waals surface area contributed by atoms with Gasteiger partial charge in [0.2, 0.25) is 0 Å². The molecule has 1 aromatic heterocycles. The van der Waals surface area contributed by atoms with Crippen molar-refractivity contribution in [3.63, 3.8) is 0 Å². The van der Waals surface area contributed by atoms with Crippen molar-refractivity contribution in [2.75, 3.05) is 11.4 Å². The fourth-order valence-electron chi connectivity index (χ4n) is 2.30. The standard InChI is InChI=1S/C16H27N3/c1-4-15(17)16-8-7-14(11-18-16)19(13-5-6-13)10-9-12(2)3/h7-8,11-13,15H,4-6,9-10,17H2,1-3H3. The summed E-state index contributed by atoms with van der Waals surface area (Å²) in [6.45, 7) is 7.81. The number of aromatic nitrogens is 1. The molecule has 0 spiro atoms. The smallest absolute Gasteiger partial charge is 0.0572 e. The van der Waals surface area contributed by atoms with Gasteiger partial charge in [-0.05, 0) is 43.7 Å². The molecule has 0 aromatic carbocycles. The van der Waals surface area contributed by atoms with Crippen molar-refractivity contribution in [3.05, 3.63) is 24.0 Å². The maximum atomic E-state index is 6.01. The molecular formula is C16H27N3. The number of hydrogen-bond donors (Lipinski definition) is 1. The van der Waals surface area contributed by atoms with E-state index in [-0.39, 0.29) is 6.04 Å². The minimum Gasteiger partial charge on any atom is -0.367 e. The third-order valence-corrected chi connectivity index (χ3v) is 3.86. The molecule has 1 unspecified atom stereocenters. The molecular weight excluding hydrogens is 234 g/mol. The minimum absolute atomic E-state index is 0.0686. The third-order valence-electron chi connectivity index (χ3n) is 3.86. The Morgan fingerprint density at radius 3 is 2.58 bits per heavy atom. The van der Waals surface area contributed by atoms with Gasteiger partial charge in [0.15, 0.2) is 0 Å². The lowest BCUT2D eigenvalue weighted by atomic mass is 10.1.